The first-order valence-electron chi connectivity index (χ1n) is 11.6. The van der Waals surface area contributed by atoms with Gasteiger partial charge in [0.25, 0.3) is 0 Å². The summed E-state index contributed by atoms with van der Waals surface area (Å²) >= 11 is 0. The summed E-state index contributed by atoms with van der Waals surface area (Å²) in [6.07, 6.45) is 1.33. The fourth-order valence-electron chi connectivity index (χ4n) is 4.42. The maximum absolute atomic E-state index is 13.4. The molecule has 0 radical (unpaired) electrons. The van der Waals surface area contributed by atoms with Crippen molar-refractivity contribution in [1.82, 2.24) is 5.32 Å². The van der Waals surface area contributed by atoms with Gasteiger partial charge >= 0.3 is 11.6 Å². The van der Waals surface area contributed by atoms with Crippen LogP contribution in [0.1, 0.15) is 16.7 Å². The number of benzene rings is 3. The van der Waals surface area contributed by atoms with Gasteiger partial charge in [0.05, 0.1) is 18.2 Å². The fourth-order valence-corrected chi connectivity index (χ4v) is 4.42. The second kappa shape index (κ2) is 9.73. The van der Waals surface area contributed by atoms with Crippen molar-refractivity contribution in [2.75, 3.05) is 0 Å². The molecule has 2 aromatic heterocycles. The predicted octanol–water partition coefficient (Wildman–Crippen LogP) is 5.01. The van der Waals surface area contributed by atoms with Gasteiger partial charge in [0, 0.05) is 28.8 Å². The van der Waals surface area contributed by atoms with Crippen LogP contribution in [0.5, 0.6) is 0 Å². The van der Waals surface area contributed by atoms with E-state index < -0.39 is 23.5 Å². The molecule has 0 fully saturated rings. The quantitative estimate of drug-likeness (QED) is 0.305. The Bertz CT molecular complexity index is 1690. The maximum Gasteiger partial charge on any atom is 0.340 e. The minimum atomic E-state index is -1.17. The van der Waals surface area contributed by atoms with Crippen LogP contribution >= 0.6 is 0 Å². The molecule has 0 saturated carbocycles. The van der Waals surface area contributed by atoms with Crippen LogP contribution in [0.3, 0.4) is 0 Å². The van der Waals surface area contributed by atoms with Gasteiger partial charge in [0.2, 0.25) is 5.91 Å². The fraction of sp³-hybridized carbons (Fsp3) is 0.138. The van der Waals surface area contributed by atoms with Crippen molar-refractivity contribution in [2.24, 2.45) is 0 Å². The van der Waals surface area contributed by atoms with E-state index in [2.05, 4.69) is 5.32 Å². The highest BCUT2D eigenvalue weighted by Gasteiger charge is 2.23. The van der Waals surface area contributed by atoms with Crippen molar-refractivity contribution >= 4 is 33.8 Å². The predicted molar refractivity (Wildman–Crippen MR) is 136 cm³/mol. The van der Waals surface area contributed by atoms with Gasteiger partial charge in [-0.25, -0.2) is 14.0 Å². The van der Waals surface area contributed by atoms with E-state index in [1.54, 1.807) is 55.7 Å². The van der Waals surface area contributed by atoms with Gasteiger partial charge in [-0.1, -0.05) is 42.5 Å². The Balaban J connectivity index is 1.46. The van der Waals surface area contributed by atoms with E-state index in [4.69, 9.17) is 8.83 Å². The zero-order chi connectivity index (χ0) is 26.1. The highest BCUT2D eigenvalue weighted by molar-refractivity contribution is 6.02. The molecule has 2 N–H and O–H groups in total. The maximum atomic E-state index is 13.4. The lowest BCUT2D eigenvalue weighted by Gasteiger charge is -2.15. The molecular formula is C29H22FNO6. The summed E-state index contributed by atoms with van der Waals surface area (Å²) in [7, 11) is 0. The van der Waals surface area contributed by atoms with Gasteiger partial charge in [-0.15, -0.1) is 0 Å². The minimum Gasteiger partial charge on any atom is -0.480 e. The van der Waals surface area contributed by atoms with E-state index in [0.29, 0.717) is 22.1 Å². The number of halogens is 1. The average molecular weight is 499 g/mol. The lowest BCUT2D eigenvalue weighted by Crippen LogP contribution is -2.43. The molecule has 5 aromatic rings. The van der Waals surface area contributed by atoms with Gasteiger partial charge in [-0.3, -0.25) is 4.79 Å². The Labute approximate surface area is 210 Å². The molecule has 1 unspecified atom stereocenters. The number of hydrogen-bond acceptors (Lipinski definition) is 5. The first-order valence-corrected chi connectivity index (χ1v) is 11.6. The minimum absolute atomic E-state index is 0.109. The molecule has 0 saturated heterocycles. The van der Waals surface area contributed by atoms with Crippen LogP contribution in [0.15, 0.2) is 86.6 Å². The van der Waals surface area contributed by atoms with Gasteiger partial charge in [-0.05, 0) is 41.8 Å². The number of hydrogen-bond donors (Lipinski definition) is 2. The Hall–Kier alpha value is -4.72. The number of amides is 1. The van der Waals surface area contributed by atoms with E-state index in [0.717, 1.165) is 22.1 Å². The third-order valence-electron chi connectivity index (χ3n) is 6.39. The van der Waals surface area contributed by atoms with E-state index in [-0.39, 0.29) is 24.2 Å². The molecule has 2 heterocycles. The van der Waals surface area contributed by atoms with Crippen LogP contribution in [0.2, 0.25) is 0 Å². The summed E-state index contributed by atoms with van der Waals surface area (Å²) in [4.78, 5) is 37.3. The van der Waals surface area contributed by atoms with Crippen LogP contribution in [0.4, 0.5) is 4.39 Å². The number of nitrogens with one attached hydrogen (secondary N) is 1. The van der Waals surface area contributed by atoms with Crippen molar-refractivity contribution < 1.29 is 27.9 Å². The number of fused-ring (bicyclic) bond motifs is 2. The first-order chi connectivity index (χ1) is 17.8. The summed E-state index contributed by atoms with van der Waals surface area (Å²) in [6.45, 7) is 1.71. The van der Waals surface area contributed by atoms with E-state index in [9.17, 15) is 23.9 Å². The monoisotopic (exact) mass is 499 g/mol. The van der Waals surface area contributed by atoms with Gasteiger partial charge < -0.3 is 19.3 Å². The number of carboxylic acids is 1. The lowest BCUT2D eigenvalue weighted by atomic mass is 9.99. The highest BCUT2D eigenvalue weighted by atomic mass is 19.1. The Morgan fingerprint density at radius 1 is 1.00 bits per heavy atom. The molecule has 0 aliphatic rings. The Kier molecular flexibility index (Phi) is 6.31. The van der Waals surface area contributed by atoms with E-state index >= 15 is 0 Å². The summed E-state index contributed by atoms with van der Waals surface area (Å²) in [5.41, 5.74) is 3.05. The van der Waals surface area contributed by atoms with Gasteiger partial charge in [-0.2, -0.15) is 0 Å². The van der Waals surface area contributed by atoms with Crippen molar-refractivity contribution in [1.29, 1.82) is 0 Å². The molecule has 5 rings (SSSR count). The van der Waals surface area contributed by atoms with Crippen molar-refractivity contribution in [3.05, 3.63) is 106 Å². The van der Waals surface area contributed by atoms with Crippen LogP contribution in [-0.4, -0.2) is 23.0 Å². The van der Waals surface area contributed by atoms with Crippen molar-refractivity contribution in [3.8, 4) is 11.1 Å². The standard InChI is InChI=1S/C29H22FNO6/c1-16-20-12-22-23(18-7-9-19(30)10-8-18)15-36-25(22)14-26(20)37-29(35)21(16)13-27(32)31-24(28(33)34)11-17-5-3-2-4-6-17/h2-10,12,14-15,24H,11,13H2,1H3,(H,31,32)(H,33,34). The van der Waals surface area contributed by atoms with Crippen molar-refractivity contribution in [3.63, 3.8) is 0 Å². The zero-order valence-corrected chi connectivity index (χ0v) is 19.8. The normalized spacial score (nSPS) is 12.1. The lowest BCUT2D eigenvalue weighted by molar-refractivity contribution is -0.141. The van der Waals surface area contributed by atoms with E-state index in [1.165, 1.54) is 12.1 Å². The molecule has 186 valence electrons. The van der Waals surface area contributed by atoms with Gasteiger partial charge in [0.15, 0.2) is 0 Å². The number of carboxylic acid groups (broad SMARTS) is 1. The molecule has 8 heteroatoms. The Morgan fingerprint density at radius 2 is 1.73 bits per heavy atom. The molecule has 0 aliphatic carbocycles. The number of aliphatic carboxylic acids is 1. The Morgan fingerprint density at radius 3 is 2.43 bits per heavy atom. The second-order valence-electron chi connectivity index (χ2n) is 8.82. The molecule has 1 atom stereocenters. The highest BCUT2D eigenvalue weighted by Crippen LogP contribution is 2.34. The van der Waals surface area contributed by atoms with Crippen LogP contribution in [0.25, 0.3) is 33.1 Å². The number of furan rings is 1. The van der Waals surface area contributed by atoms with Crippen LogP contribution in [-0.2, 0) is 22.4 Å². The topological polar surface area (TPSA) is 110 Å². The van der Waals surface area contributed by atoms with E-state index in [1.807, 2.05) is 12.1 Å². The average Bonchev–Trinajstić information content (AvgIpc) is 3.29. The summed E-state index contributed by atoms with van der Waals surface area (Å²) in [6, 6.07) is 17.2. The summed E-state index contributed by atoms with van der Waals surface area (Å²) < 4.78 is 24.5. The third-order valence-corrected chi connectivity index (χ3v) is 6.39. The van der Waals surface area contributed by atoms with Crippen LogP contribution < -0.4 is 10.9 Å². The third kappa shape index (κ3) is 4.86. The number of aryl methyl sites for hydroxylation is 1. The smallest absolute Gasteiger partial charge is 0.340 e. The molecule has 0 aliphatic heterocycles. The zero-order valence-electron chi connectivity index (χ0n) is 19.8. The van der Waals surface area contributed by atoms with Crippen LogP contribution in [0, 0.1) is 12.7 Å². The van der Waals surface area contributed by atoms with Crippen molar-refractivity contribution in [2.45, 2.75) is 25.8 Å². The molecule has 0 bridgehead atoms. The van der Waals surface area contributed by atoms with Gasteiger partial charge in [0.1, 0.15) is 23.0 Å². The molecule has 3 aromatic carbocycles. The number of carbonyl (C=O) groups excluding carboxylic acids is 1. The SMILES string of the molecule is Cc1c(CC(=O)NC(Cc2ccccc2)C(=O)O)c(=O)oc2cc3occ(-c4ccc(F)cc4)c3cc12. The molecule has 7 nitrogen and oxygen atoms in total. The largest absolute Gasteiger partial charge is 0.480 e. The first kappa shape index (κ1) is 24.0. The summed E-state index contributed by atoms with van der Waals surface area (Å²) in [5, 5.41) is 13.4. The molecule has 0 spiro atoms. The second-order valence-corrected chi connectivity index (χ2v) is 8.82. The number of carbonyl (C=O) groups is 2. The molecule has 1 amide bonds. The number of rotatable bonds is 7. The molecular weight excluding hydrogens is 477 g/mol. The molecule has 37 heavy (non-hydrogen) atoms. The summed E-state index contributed by atoms with van der Waals surface area (Å²) in [5.74, 6) is -2.12.